The Hall–Kier alpha value is -4.34. The molecule has 0 heterocycles. The summed E-state index contributed by atoms with van der Waals surface area (Å²) >= 11 is 0. The largest absolute Gasteiger partial charge is 0.478 e. The fraction of sp³-hybridized carbons (Fsp3) is 0.0455. The van der Waals surface area contributed by atoms with Gasteiger partial charge in [0.25, 0.3) is 5.91 Å². The second-order valence-corrected chi connectivity index (χ2v) is 6.45. The third kappa shape index (κ3) is 5.04. The highest BCUT2D eigenvalue weighted by Crippen LogP contribution is 2.32. The van der Waals surface area contributed by atoms with E-state index in [1.165, 1.54) is 18.2 Å². The van der Waals surface area contributed by atoms with E-state index < -0.39 is 40.7 Å². The van der Waals surface area contributed by atoms with E-state index in [2.05, 4.69) is 5.32 Å². The molecule has 0 bridgehead atoms. The van der Waals surface area contributed by atoms with E-state index in [4.69, 9.17) is 9.84 Å². The topological polar surface area (TPSA) is 113 Å². The zero-order chi connectivity index (χ0) is 23.5. The van der Waals surface area contributed by atoms with Crippen LogP contribution in [0.1, 0.15) is 36.6 Å². The third-order valence-electron chi connectivity index (χ3n) is 4.29. The van der Waals surface area contributed by atoms with Gasteiger partial charge in [0, 0.05) is 5.56 Å². The molecule has 10 heteroatoms. The minimum Gasteiger partial charge on any atom is -0.478 e. The molecule has 0 spiro atoms. The van der Waals surface area contributed by atoms with E-state index in [1.54, 1.807) is 12.1 Å². The van der Waals surface area contributed by atoms with Gasteiger partial charge in [-0.2, -0.15) is 13.2 Å². The summed E-state index contributed by atoms with van der Waals surface area (Å²) < 4.78 is 43.7. The van der Waals surface area contributed by atoms with Crippen LogP contribution in [0.2, 0.25) is 0 Å². The predicted octanol–water partition coefficient (Wildman–Crippen LogP) is 5.15. The van der Waals surface area contributed by atoms with Crippen molar-refractivity contribution >= 4 is 23.5 Å². The van der Waals surface area contributed by atoms with E-state index in [0.717, 1.165) is 36.4 Å². The van der Waals surface area contributed by atoms with Gasteiger partial charge in [-0.15, -0.1) is 0 Å². The van der Waals surface area contributed by atoms with Gasteiger partial charge >= 0.3 is 18.1 Å². The molecule has 0 aliphatic carbocycles. The number of para-hydroxylation sites is 2. The molecule has 0 atom stereocenters. The molecule has 3 N–H and O–H groups in total. The van der Waals surface area contributed by atoms with Gasteiger partial charge in [0.05, 0.1) is 22.4 Å². The minimum absolute atomic E-state index is 0.00336. The number of benzene rings is 3. The number of amides is 1. The van der Waals surface area contributed by atoms with Crippen molar-refractivity contribution in [2.45, 2.75) is 6.18 Å². The molecule has 3 rings (SSSR count). The van der Waals surface area contributed by atoms with Crippen molar-refractivity contribution in [1.82, 2.24) is 0 Å². The number of halogens is 3. The first-order chi connectivity index (χ1) is 15.1. The number of carboxylic acids is 2. The SMILES string of the molecule is O=C(Nc1ccccc1Oc1ccc(C(=O)O)c(C(=O)O)c1)c1ccc(C(F)(F)F)cc1. The van der Waals surface area contributed by atoms with Gasteiger partial charge in [0.15, 0.2) is 5.75 Å². The quantitative estimate of drug-likeness (QED) is 0.484. The monoisotopic (exact) mass is 445 g/mol. The van der Waals surface area contributed by atoms with Gasteiger partial charge in [-0.05, 0) is 54.6 Å². The van der Waals surface area contributed by atoms with Crippen molar-refractivity contribution in [3.05, 3.63) is 89.0 Å². The van der Waals surface area contributed by atoms with Crippen LogP contribution in [-0.4, -0.2) is 28.1 Å². The van der Waals surface area contributed by atoms with Crippen LogP contribution in [0.15, 0.2) is 66.7 Å². The van der Waals surface area contributed by atoms with Crippen LogP contribution >= 0.6 is 0 Å². The summed E-state index contributed by atoms with van der Waals surface area (Å²) in [5.74, 6) is -3.46. The zero-order valence-electron chi connectivity index (χ0n) is 16.0. The number of hydrogen-bond donors (Lipinski definition) is 3. The minimum atomic E-state index is -4.53. The highest BCUT2D eigenvalue weighted by Gasteiger charge is 2.30. The summed E-state index contributed by atoms with van der Waals surface area (Å²) in [7, 11) is 0. The van der Waals surface area contributed by atoms with Crippen molar-refractivity contribution in [3.63, 3.8) is 0 Å². The van der Waals surface area contributed by atoms with Gasteiger partial charge in [-0.1, -0.05) is 12.1 Å². The highest BCUT2D eigenvalue weighted by atomic mass is 19.4. The molecular formula is C22H14F3NO6. The normalized spacial score (nSPS) is 11.0. The maximum absolute atomic E-state index is 12.7. The van der Waals surface area contributed by atoms with Crippen LogP contribution in [0.3, 0.4) is 0 Å². The van der Waals surface area contributed by atoms with Gasteiger partial charge in [0.1, 0.15) is 5.75 Å². The van der Waals surface area contributed by atoms with Gasteiger partial charge in [-0.25, -0.2) is 9.59 Å². The third-order valence-corrected chi connectivity index (χ3v) is 4.29. The smallest absolute Gasteiger partial charge is 0.416 e. The van der Waals surface area contributed by atoms with Crippen LogP contribution < -0.4 is 10.1 Å². The van der Waals surface area contributed by atoms with Crippen molar-refractivity contribution < 1.29 is 42.5 Å². The van der Waals surface area contributed by atoms with E-state index in [-0.39, 0.29) is 22.7 Å². The van der Waals surface area contributed by atoms with Crippen molar-refractivity contribution in [1.29, 1.82) is 0 Å². The number of alkyl halides is 3. The Morgan fingerprint density at radius 1 is 0.812 bits per heavy atom. The molecule has 164 valence electrons. The maximum Gasteiger partial charge on any atom is 0.416 e. The fourth-order valence-corrected chi connectivity index (χ4v) is 2.74. The second kappa shape index (κ2) is 8.80. The molecule has 0 aromatic heterocycles. The first-order valence-electron chi connectivity index (χ1n) is 8.92. The number of ether oxygens (including phenoxy) is 1. The number of aromatic carboxylic acids is 2. The van der Waals surface area contributed by atoms with E-state index >= 15 is 0 Å². The molecule has 0 radical (unpaired) electrons. The summed E-state index contributed by atoms with van der Waals surface area (Å²) in [4.78, 5) is 35.0. The first kappa shape index (κ1) is 22.3. The van der Waals surface area contributed by atoms with Crippen molar-refractivity contribution in [3.8, 4) is 11.5 Å². The van der Waals surface area contributed by atoms with Crippen LogP contribution in [0.25, 0.3) is 0 Å². The average Bonchev–Trinajstić information content (AvgIpc) is 2.74. The molecule has 0 aliphatic heterocycles. The summed E-state index contributed by atoms with van der Waals surface area (Å²) in [6.45, 7) is 0. The lowest BCUT2D eigenvalue weighted by molar-refractivity contribution is -0.137. The fourth-order valence-electron chi connectivity index (χ4n) is 2.74. The average molecular weight is 445 g/mol. The van der Waals surface area contributed by atoms with Crippen molar-refractivity contribution in [2.24, 2.45) is 0 Å². The Bertz CT molecular complexity index is 1190. The number of carboxylic acid groups (broad SMARTS) is 2. The predicted molar refractivity (Wildman–Crippen MR) is 106 cm³/mol. The van der Waals surface area contributed by atoms with E-state index in [1.807, 2.05) is 0 Å². The van der Waals surface area contributed by atoms with Crippen LogP contribution in [0, 0.1) is 0 Å². The highest BCUT2D eigenvalue weighted by molar-refractivity contribution is 6.05. The number of carbonyl (C=O) groups is 3. The number of nitrogens with one attached hydrogen (secondary N) is 1. The lowest BCUT2D eigenvalue weighted by Gasteiger charge is -2.13. The molecule has 0 aliphatic rings. The first-order valence-corrected chi connectivity index (χ1v) is 8.92. The van der Waals surface area contributed by atoms with Gasteiger partial charge in [0.2, 0.25) is 0 Å². The lowest BCUT2D eigenvalue weighted by Crippen LogP contribution is -2.13. The lowest BCUT2D eigenvalue weighted by atomic mass is 10.1. The van der Waals surface area contributed by atoms with E-state index in [0.29, 0.717) is 0 Å². The zero-order valence-corrected chi connectivity index (χ0v) is 16.0. The summed E-state index contributed by atoms with van der Waals surface area (Å²) in [5.41, 5.74) is -1.66. The number of hydrogen-bond acceptors (Lipinski definition) is 4. The van der Waals surface area contributed by atoms with Gasteiger partial charge < -0.3 is 20.3 Å². The molecular weight excluding hydrogens is 431 g/mol. The number of carbonyl (C=O) groups excluding carboxylic acids is 1. The Balaban J connectivity index is 1.84. The molecule has 3 aromatic rings. The standard InChI is InChI=1S/C22H14F3NO6/c23-22(24,25)13-7-5-12(6-8-13)19(27)26-17-3-1-2-4-18(17)32-14-9-10-15(20(28)29)16(11-14)21(30)31/h1-11H,(H,26,27)(H,28,29)(H,30,31). The Labute approximate surface area is 178 Å². The molecule has 32 heavy (non-hydrogen) atoms. The summed E-state index contributed by atoms with van der Waals surface area (Å²) in [5, 5.41) is 20.8. The van der Waals surface area contributed by atoms with Gasteiger partial charge in [-0.3, -0.25) is 4.79 Å². The van der Waals surface area contributed by atoms with Crippen molar-refractivity contribution in [2.75, 3.05) is 5.32 Å². The second-order valence-electron chi connectivity index (χ2n) is 6.45. The molecule has 0 unspecified atom stereocenters. The summed E-state index contributed by atoms with van der Waals surface area (Å²) in [6.07, 6.45) is -4.53. The molecule has 1 amide bonds. The number of anilines is 1. The molecule has 0 fully saturated rings. The Morgan fingerprint density at radius 2 is 1.44 bits per heavy atom. The van der Waals surface area contributed by atoms with Crippen LogP contribution in [0.5, 0.6) is 11.5 Å². The molecule has 0 saturated heterocycles. The number of rotatable bonds is 6. The van der Waals surface area contributed by atoms with E-state index in [9.17, 15) is 32.7 Å². The Kier molecular flexibility index (Phi) is 6.15. The summed E-state index contributed by atoms with van der Waals surface area (Å²) in [6, 6.07) is 13.1. The van der Waals surface area contributed by atoms with Crippen LogP contribution in [-0.2, 0) is 6.18 Å². The maximum atomic E-state index is 12.7. The molecule has 3 aromatic carbocycles. The Morgan fingerprint density at radius 3 is 2.03 bits per heavy atom. The van der Waals surface area contributed by atoms with Crippen LogP contribution in [0.4, 0.5) is 18.9 Å². The molecule has 0 saturated carbocycles. The molecule has 7 nitrogen and oxygen atoms in total.